The number of amides is 3. The molecule has 39 heavy (non-hydrogen) atoms. The number of nitrogens with one attached hydrogen (secondary N) is 2. The highest BCUT2D eigenvalue weighted by molar-refractivity contribution is 5.99. The van der Waals surface area contributed by atoms with Crippen LogP contribution in [-0.2, 0) is 14.3 Å². The molecule has 3 atom stereocenters. The third kappa shape index (κ3) is 8.78. The van der Waals surface area contributed by atoms with Gasteiger partial charge >= 0.3 is 6.09 Å². The molecule has 0 aliphatic carbocycles. The Balaban J connectivity index is 2.55. The molecule has 2 rings (SSSR count). The maximum Gasteiger partial charge on any atom is 0.408 e. The number of alkyl carbamates (subject to hydrolysis) is 1. The lowest BCUT2D eigenvalue weighted by molar-refractivity contribution is -0.144. The molecule has 0 aromatic heterocycles. The van der Waals surface area contributed by atoms with E-state index in [-0.39, 0.29) is 17.9 Å². The van der Waals surface area contributed by atoms with Crippen molar-refractivity contribution in [3.05, 3.63) is 59.7 Å². The molecule has 2 N–H and O–H groups in total. The van der Waals surface area contributed by atoms with Crippen molar-refractivity contribution in [2.75, 3.05) is 12.4 Å². The lowest BCUT2D eigenvalue weighted by Crippen LogP contribution is -2.56. The zero-order valence-corrected chi connectivity index (χ0v) is 24.2. The molecule has 0 radical (unpaired) electrons. The number of rotatable bonds is 10. The highest BCUT2D eigenvalue weighted by Crippen LogP contribution is 2.29. The van der Waals surface area contributed by atoms with Crippen LogP contribution in [0.2, 0.25) is 0 Å². The van der Waals surface area contributed by atoms with Gasteiger partial charge in [0.25, 0.3) is 5.91 Å². The van der Waals surface area contributed by atoms with E-state index in [0.717, 1.165) is 0 Å². The number of ether oxygens (including phenoxy) is 2. The Hall–Kier alpha value is -3.99. The van der Waals surface area contributed by atoms with Crippen LogP contribution in [-0.4, -0.2) is 47.6 Å². The molecular formula is C31H41N3O5. The Morgan fingerprint density at radius 3 is 2.05 bits per heavy atom. The summed E-state index contributed by atoms with van der Waals surface area (Å²) in [6, 6.07) is 11.7. The number of benzene rings is 2. The van der Waals surface area contributed by atoms with Gasteiger partial charge < -0.3 is 25.0 Å². The molecule has 0 bridgehead atoms. The monoisotopic (exact) mass is 535 g/mol. The van der Waals surface area contributed by atoms with Crippen LogP contribution in [0.5, 0.6) is 5.75 Å². The van der Waals surface area contributed by atoms with Crippen LogP contribution < -0.4 is 15.4 Å². The molecule has 2 aromatic rings. The molecule has 0 aliphatic heterocycles. The molecule has 0 aliphatic rings. The second kappa shape index (κ2) is 13.7. The van der Waals surface area contributed by atoms with Gasteiger partial charge in [-0.1, -0.05) is 38.8 Å². The molecule has 3 unspecified atom stereocenters. The molecule has 0 spiro atoms. The summed E-state index contributed by atoms with van der Waals surface area (Å²) in [5, 5.41) is 5.67. The Morgan fingerprint density at radius 1 is 1.00 bits per heavy atom. The molecule has 0 saturated carbocycles. The quantitative estimate of drug-likeness (QED) is 0.390. The van der Waals surface area contributed by atoms with Crippen molar-refractivity contribution in [3.8, 4) is 18.1 Å². The lowest BCUT2D eigenvalue weighted by atomic mass is 9.96. The minimum atomic E-state index is -0.997. The highest BCUT2D eigenvalue weighted by atomic mass is 16.6. The van der Waals surface area contributed by atoms with Gasteiger partial charge in [0.1, 0.15) is 23.4 Å². The second-order valence-electron chi connectivity index (χ2n) is 10.8. The van der Waals surface area contributed by atoms with Crippen molar-refractivity contribution in [2.24, 2.45) is 5.92 Å². The minimum absolute atomic E-state index is 0.273. The summed E-state index contributed by atoms with van der Waals surface area (Å²) in [5.41, 5.74) is 1.06. The van der Waals surface area contributed by atoms with Gasteiger partial charge in [0.2, 0.25) is 5.91 Å². The molecule has 0 fully saturated rings. The van der Waals surface area contributed by atoms with E-state index in [9.17, 15) is 14.4 Å². The van der Waals surface area contributed by atoms with Crippen LogP contribution in [0, 0.1) is 18.3 Å². The lowest BCUT2D eigenvalue weighted by Gasteiger charge is -2.39. The zero-order valence-electron chi connectivity index (χ0n) is 24.2. The molecular weight excluding hydrogens is 494 g/mol. The third-order valence-electron chi connectivity index (χ3n) is 6.20. The maximum absolute atomic E-state index is 14.2. The van der Waals surface area contributed by atoms with E-state index in [0.29, 0.717) is 29.0 Å². The van der Waals surface area contributed by atoms with Crippen LogP contribution in [0.15, 0.2) is 48.5 Å². The molecule has 0 heterocycles. The Labute approximate surface area is 232 Å². The smallest absolute Gasteiger partial charge is 0.408 e. The molecule has 210 valence electrons. The molecule has 2 aromatic carbocycles. The van der Waals surface area contributed by atoms with Crippen LogP contribution in [0.3, 0.4) is 0 Å². The largest absolute Gasteiger partial charge is 0.497 e. The normalized spacial score (nSPS) is 13.4. The van der Waals surface area contributed by atoms with Crippen molar-refractivity contribution in [3.63, 3.8) is 0 Å². The van der Waals surface area contributed by atoms with Crippen LogP contribution in [0.25, 0.3) is 0 Å². The summed E-state index contributed by atoms with van der Waals surface area (Å²) in [6.45, 7) is 12.8. The van der Waals surface area contributed by atoms with E-state index < -0.39 is 29.7 Å². The van der Waals surface area contributed by atoms with Gasteiger partial charge in [-0.2, -0.15) is 0 Å². The number of hydrogen-bond donors (Lipinski definition) is 2. The number of hydrogen-bond acceptors (Lipinski definition) is 5. The first kappa shape index (κ1) is 31.2. The second-order valence-corrected chi connectivity index (χ2v) is 10.8. The zero-order chi connectivity index (χ0) is 29.3. The summed E-state index contributed by atoms with van der Waals surface area (Å²) in [5.74, 6) is 2.17. The van der Waals surface area contributed by atoms with Gasteiger partial charge in [-0.05, 0) is 82.0 Å². The summed E-state index contributed by atoms with van der Waals surface area (Å²) in [6.07, 6.45) is 5.43. The van der Waals surface area contributed by atoms with Crippen molar-refractivity contribution in [1.82, 2.24) is 10.2 Å². The summed E-state index contributed by atoms with van der Waals surface area (Å²) >= 11 is 0. The fraction of sp³-hybridized carbons (Fsp3) is 0.452. The fourth-order valence-electron chi connectivity index (χ4n) is 3.99. The van der Waals surface area contributed by atoms with Gasteiger partial charge in [-0.25, -0.2) is 4.79 Å². The summed E-state index contributed by atoms with van der Waals surface area (Å²) in [7, 11) is 1.57. The maximum atomic E-state index is 14.2. The van der Waals surface area contributed by atoms with Gasteiger partial charge in [0, 0.05) is 17.3 Å². The summed E-state index contributed by atoms with van der Waals surface area (Å²) in [4.78, 5) is 42.3. The van der Waals surface area contributed by atoms with E-state index in [1.165, 1.54) is 0 Å². The topological polar surface area (TPSA) is 97.0 Å². The van der Waals surface area contributed by atoms with Crippen molar-refractivity contribution in [1.29, 1.82) is 0 Å². The first-order chi connectivity index (χ1) is 18.3. The minimum Gasteiger partial charge on any atom is -0.497 e. The molecule has 8 heteroatoms. The highest BCUT2D eigenvalue weighted by Gasteiger charge is 2.39. The fourth-order valence-corrected chi connectivity index (χ4v) is 3.99. The summed E-state index contributed by atoms with van der Waals surface area (Å²) < 4.78 is 10.6. The number of terminal acetylenes is 1. The number of carbonyl (C=O) groups excluding carboxylic acids is 3. The molecule has 8 nitrogen and oxygen atoms in total. The Morgan fingerprint density at radius 2 is 1.59 bits per heavy atom. The standard InChI is InChI=1S/C31H41N3O5/c1-10-21(5)34(29(36)26(20(3)4)33-30(37)39-31(6,7)8)27(23-14-12-22(11-2)13-15-23)28(35)32-24-16-18-25(38-9)19-17-24/h2,12-21,26-27H,10H2,1,3-9H3,(H,32,35)(H,33,37). The average Bonchev–Trinajstić information content (AvgIpc) is 2.88. The van der Waals surface area contributed by atoms with E-state index in [1.807, 2.05) is 27.7 Å². The van der Waals surface area contributed by atoms with Crippen molar-refractivity contribution in [2.45, 2.75) is 78.6 Å². The average molecular weight is 536 g/mol. The van der Waals surface area contributed by atoms with Crippen LogP contribution >= 0.6 is 0 Å². The van der Waals surface area contributed by atoms with Gasteiger partial charge in [0.05, 0.1) is 7.11 Å². The predicted octanol–water partition coefficient (Wildman–Crippen LogP) is 5.53. The Bertz CT molecular complexity index is 1160. The van der Waals surface area contributed by atoms with Crippen molar-refractivity contribution < 1.29 is 23.9 Å². The number of anilines is 1. The van der Waals surface area contributed by atoms with Crippen molar-refractivity contribution >= 4 is 23.6 Å². The number of methoxy groups -OCH3 is 1. The Kier molecular flexibility index (Phi) is 11.0. The van der Waals surface area contributed by atoms with E-state index in [4.69, 9.17) is 15.9 Å². The third-order valence-corrected chi connectivity index (χ3v) is 6.20. The first-order valence-corrected chi connectivity index (χ1v) is 13.1. The number of carbonyl (C=O) groups is 3. The van der Waals surface area contributed by atoms with Crippen LogP contribution in [0.4, 0.5) is 10.5 Å². The van der Waals surface area contributed by atoms with E-state index in [2.05, 4.69) is 16.6 Å². The van der Waals surface area contributed by atoms with E-state index in [1.54, 1.807) is 81.3 Å². The molecule has 0 saturated heterocycles. The van der Waals surface area contributed by atoms with E-state index >= 15 is 0 Å². The predicted molar refractivity (Wildman–Crippen MR) is 153 cm³/mol. The van der Waals surface area contributed by atoms with Crippen LogP contribution in [0.1, 0.15) is 72.1 Å². The number of nitrogens with zero attached hydrogens (tertiary/aromatic N) is 1. The van der Waals surface area contributed by atoms with Gasteiger partial charge in [0.15, 0.2) is 0 Å². The SMILES string of the molecule is C#Cc1ccc(C(C(=O)Nc2ccc(OC)cc2)N(C(=O)C(NC(=O)OC(C)(C)C)C(C)C)C(C)CC)cc1. The van der Waals surface area contributed by atoms with Gasteiger partial charge in [-0.3, -0.25) is 9.59 Å². The molecule has 3 amide bonds. The first-order valence-electron chi connectivity index (χ1n) is 13.1. The van der Waals surface area contributed by atoms with Gasteiger partial charge in [-0.15, -0.1) is 6.42 Å².